The van der Waals surface area contributed by atoms with Gasteiger partial charge in [0.2, 0.25) is 5.91 Å². The van der Waals surface area contributed by atoms with Gasteiger partial charge in [0.05, 0.1) is 5.92 Å². The van der Waals surface area contributed by atoms with Gasteiger partial charge in [-0.15, -0.1) is 5.10 Å². The Bertz CT molecular complexity index is 799. The first kappa shape index (κ1) is 16.1. The number of ether oxygens (including phenoxy) is 1. The second-order valence-corrected chi connectivity index (χ2v) is 7.51. The number of hydrogen-bond acceptors (Lipinski definition) is 5. The molecule has 25 heavy (non-hydrogen) atoms. The predicted octanol–water partition coefficient (Wildman–Crippen LogP) is 1.97. The molecule has 0 fully saturated rings. The molecular formula is C18H23N5O2. The first-order chi connectivity index (χ1) is 12.0. The standard InChI is InChI=1S/C18H23N5O2/c1-18(2)10-13-9-12(6-7-15(13)25-18)11-19-17(24)14-5-3-4-8-23-16(14)20-21-22-23/h6-7,9,14H,3-5,8,10-11H2,1-2H3,(H,19,24)/t14-/m0/s1. The molecule has 0 spiro atoms. The van der Waals surface area contributed by atoms with E-state index in [2.05, 4.69) is 40.8 Å². The molecular weight excluding hydrogens is 318 g/mol. The van der Waals surface area contributed by atoms with Crippen LogP contribution in [0.1, 0.15) is 56.0 Å². The summed E-state index contributed by atoms with van der Waals surface area (Å²) in [5.74, 6) is 1.35. The average molecular weight is 341 g/mol. The topological polar surface area (TPSA) is 81.9 Å². The van der Waals surface area contributed by atoms with Crippen molar-refractivity contribution in [1.82, 2.24) is 25.5 Å². The van der Waals surface area contributed by atoms with E-state index in [0.29, 0.717) is 12.4 Å². The molecule has 1 aromatic carbocycles. The molecule has 1 aromatic heterocycles. The molecule has 0 aliphatic carbocycles. The highest BCUT2D eigenvalue weighted by atomic mass is 16.5. The van der Waals surface area contributed by atoms with E-state index in [4.69, 9.17) is 4.74 Å². The Morgan fingerprint density at radius 2 is 2.28 bits per heavy atom. The van der Waals surface area contributed by atoms with Gasteiger partial charge in [0.15, 0.2) is 5.82 Å². The van der Waals surface area contributed by atoms with Crippen LogP contribution in [0.15, 0.2) is 18.2 Å². The summed E-state index contributed by atoms with van der Waals surface area (Å²) in [6, 6.07) is 6.14. The average Bonchev–Trinajstić information content (AvgIpc) is 3.08. The van der Waals surface area contributed by atoms with E-state index in [1.165, 1.54) is 5.56 Å². The van der Waals surface area contributed by atoms with Crippen molar-refractivity contribution >= 4 is 5.91 Å². The van der Waals surface area contributed by atoms with Crippen molar-refractivity contribution in [3.63, 3.8) is 0 Å². The van der Waals surface area contributed by atoms with E-state index in [1.54, 1.807) is 4.68 Å². The van der Waals surface area contributed by atoms with Crippen molar-refractivity contribution in [2.24, 2.45) is 0 Å². The van der Waals surface area contributed by atoms with Gasteiger partial charge in [0.1, 0.15) is 11.4 Å². The zero-order valence-corrected chi connectivity index (χ0v) is 14.7. The number of amides is 1. The molecule has 3 heterocycles. The van der Waals surface area contributed by atoms with Crippen molar-refractivity contribution in [2.45, 2.75) is 64.1 Å². The van der Waals surface area contributed by atoms with Crippen LogP contribution in [0.25, 0.3) is 0 Å². The minimum Gasteiger partial charge on any atom is -0.487 e. The van der Waals surface area contributed by atoms with E-state index in [9.17, 15) is 4.79 Å². The van der Waals surface area contributed by atoms with Crippen LogP contribution < -0.4 is 10.1 Å². The number of fused-ring (bicyclic) bond motifs is 2. The molecule has 132 valence electrons. The summed E-state index contributed by atoms with van der Waals surface area (Å²) in [7, 11) is 0. The van der Waals surface area contributed by atoms with Gasteiger partial charge in [-0.3, -0.25) is 4.79 Å². The van der Waals surface area contributed by atoms with Gasteiger partial charge in [-0.25, -0.2) is 4.68 Å². The molecule has 0 unspecified atom stereocenters. The maximum absolute atomic E-state index is 12.7. The van der Waals surface area contributed by atoms with Crippen LogP contribution in [0.3, 0.4) is 0 Å². The monoisotopic (exact) mass is 341 g/mol. The smallest absolute Gasteiger partial charge is 0.231 e. The van der Waals surface area contributed by atoms with Crippen molar-refractivity contribution in [3.05, 3.63) is 35.2 Å². The molecule has 1 amide bonds. The lowest BCUT2D eigenvalue weighted by molar-refractivity contribution is -0.123. The van der Waals surface area contributed by atoms with Gasteiger partial charge in [-0.1, -0.05) is 18.6 Å². The molecule has 1 atom stereocenters. The second-order valence-electron chi connectivity index (χ2n) is 7.51. The minimum absolute atomic E-state index is 0.00460. The van der Waals surface area contributed by atoms with Gasteiger partial charge in [0.25, 0.3) is 0 Å². The van der Waals surface area contributed by atoms with Crippen LogP contribution in [0.4, 0.5) is 0 Å². The lowest BCUT2D eigenvalue weighted by Gasteiger charge is -2.16. The SMILES string of the molecule is CC1(C)Cc2cc(CNC(=O)[C@H]3CCCCn4nnnc43)ccc2O1. The number of tetrazole rings is 1. The van der Waals surface area contributed by atoms with Crippen LogP contribution in [0.2, 0.25) is 0 Å². The number of nitrogens with zero attached hydrogens (tertiary/aromatic N) is 4. The van der Waals surface area contributed by atoms with Gasteiger partial charge >= 0.3 is 0 Å². The Hall–Kier alpha value is -2.44. The largest absolute Gasteiger partial charge is 0.487 e. The molecule has 7 heteroatoms. The van der Waals surface area contributed by atoms with Gasteiger partial charge in [0, 0.05) is 19.5 Å². The first-order valence-corrected chi connectivity index (χ1v) is 8.86. The quantitative estimate of drug-likeness (QED) is 0.923. The van der Waals surface area contributed by atoms with Crippen LogP contribution in [0.5, 0.6) is 5.75 Å². The third-order valence-electron chi connectivity index (χ3n) is 4.89. The third kappa shape index (κ3) is 3.23. The van der Waals surface area contributed by atoms with Crippen molar-refractivity contribution < 1.29 is 9.53 Å². The number of hydrogen-bond donors (Lipinski definition) is 1. The van der Waals surface area contributed by atoms with Crippen LogP contribution >= 0.6 is 0 Å². The molecule has 4 rings (SSSR count). The molecule has 0 saturated heterocycles. The molecule has 1 N–H and O–H groups in total. The van der Waals surface area contributed by atoms with Crippen molar-refractivity contribution in [3.8, 4) is 5.75 Å². The van der Waals surface area contributed by atoms with Gasteiger partial charge in [-0.2, -0.15) is 0 Å². The fourth-order valence-corrected chi connectivity index (χ4v) is 3.69. The number of rotatable bonds is 3. The Balaban J connectivity index is 1.43. The lowest BCUT2D eigenvalue weighted by Crippen LogP contribution is -2.30. The Labute approximate surface area is 146 Å². The van der Waals surface area contributed by atoms with Crippen molar-refractivity contribution in [2.75, 3.05) is 0 Å². The molecule has 0 saturated carbocycles. The van der Waals surface area contributed by atoms with E-state index < -0.39 is 0 Å². The fourth-order valence-electron chi connectivity index (χ4n) is 3.69. The predicted molar refractivity (Wildman–Crippen MR) is 91.1 cm³/mol. The van der Waals surface area contributed by atoms with Crippen molar-refractivity contribution in [1.29, 1.82) is 0 Å². The molecule has 0 radical (unpaired) electrons. The summed E-state index contributed by atoms with van der Waals surface area (Å²) in [4.78, 5) is 12.7. The normalized spacial score (nSPS) is 21.0. The number of nitrogens with one attached hydrogen (secondary N) is 1. The van der Waals surface area contributed by atoms with E-state index in [1.807, 2.05) is 12.1 Å². The summed E-state index contributed by atoms with van der Waals surface area (Å²) < 4.78 is 7.66. The fraction of sp³-hybridized carbons (Fsp3) is 0.556. The summed E-state index contributed by atoms with van der Waals surface area (Å²) in [5.41, 5.74) is 2.14. The minimum atomic E-state index is -0.269. The van der Waals surface area contributed by atoms with E-state index in [-0.39, 0.29) is 17.4 Å². The number of aromatic nitrogens is 4. The molecule has 0 bridgehead atoms. The Morgan fingerprint density at radius 3 is 3.16 bits per heavy atom. The van der Waals surface area contributed by atoms with Crippen LogP contribution in [0, 0.1) is 0 Å². The van der Waals surface area contributed by atoms with Crippen LogP contribution in [-0.2, 0) is 24.3 Å². The zero-order chi connectivity index (χ0) is 17.4. The van der Waals surface area contributed by atoms with E-state index >= 15 is 0 Å². The second kappa shape index (κ2) is 6.13. The maximum Gasteiger partial charge on any atom is 0.231 e. The number of carbonyl (C=O) groups is 1. The highest BCUT2D eigenvalue weighted by Gasteiger charge is 2.30. The van der Waals surface area contributed by atoms with Crippen LogP contribution in [-0.4, -0.2) is 31.7 Å². The maximum atomic E-state index is 12.7. The number of aryl methyl sites for hydroxylation is 1. The molecule has 7 nitrogen and oxygen atoms in total. The van der Waals surface area contributed by atoms with Gasteiger partial charge in [-0.05, 0) is 54.3 Å². The van der Waals surface area contributed by atoms with E-state index in [0.717, 1.165) is 43.5 Å². The molecule has 2 aliphatic heterocycles. The third-order valence-corrected chi connectivity index (χ3v) is 4.89. The highest BCUT2D eigenvalue weighted by molar-refractivity contribution is 5.82. The summed E-state index contributed by atoms with van der Waals surface area (Å²) in [6.07, 6.45) is 3.68. The number of carbonyl (C=O) groups excluding carboxylic acids is 1. The Kier molecular flexibility index (Phi) is 3.94. The molecule has 2 aliphatic rings. The first-order valence-electron chi connectivity index (χ1n) is 8.86. The highest BCUT2D eigenvalue weighted by Crippen LogP contribution is 2.35. The lowest BCUT2D eigenvalue weighted by atomic mass is 9.99. The number of benzene rings is 1. The van der Waals surface area contributed by atoms with Gasteiger partial charge < -0.3 is 10.1 Å². The molecule has 2 aromatic rings. The Morgan fingerprint density at radius 1 is 1.40 bits per heavy atom. The summed E-state index contributed by atoms with van der Waals surface area (Å²) >= 11 is 0. The zero-order valence-electron chi connectivity index (χ0n) is 14.7. The summed E-state index contributed by atoms with van der Waals surface area (Å²) in [5, 5.41) is 14.8. The summed E-state index contributed by atoms with van der Waals surface area (Å²) in [6.45, 7) is 5.46.